The van der Waals surface area contributed by atoms with Crippen LogP contribution in [0, 0.1) is 12.2 Å². The predicted octanol–water partition coefficient (Wildman–Crippen LogP) is 7.29. The van der Waals surface area contributed by atoms with Gasteiger partial charge in [-0.1, -0.05) is 49.2 Å². The summed E-state index contributed by atoms with van der Waals surface area (Å²) in [7, 11) is 0. The fourth-order valence-corrected chi connectivity index (χ4v) is 2.44. The van der Waals surface area contributed by atoms with Gasteiger partial charge < -0.3 is 0 Å². The first kappa shape index (κ1) is 27.1. The van der Waals surface area contributed by atoms with Gasteiger partial charge >= 0.3 is 41.9 Å². The molecule has 0 spiro atoms. The molecule has 0 atom stereocenters. The van der Waals surface area contributed by atoms with Crippen molar-refractivity contribution < 1.29 is 23.3 Å². The molecule has 2 aromatic rings. The van der Waals surface area contributed by atoms with Crippen LogP contribution in [-0.2, 0) is 23.3 Å². The zero-order valence-electron chi connectivity index (χ0n) is 16.3. The molecular formula is C24H26Cl2SiZr. The first-order chi connectivity index (χ1) is 12.7. The van der Waals surface area contributed by atoms with Gasteiger partial charge in [0.1, 0.15) is 0 Å². The summed E-state index contributed by atoms with van der Waals surface area (Å²) >= 11 is 1.74. The topological polar surface area (TPSA) is 0 Å². The van der Waals surface area contributed by atoms with Crippen molar-refractivity contribution >= 4 is 41.4 Å². The summed E-state index contributed by atoms with van der Waals surface area (Å²) in [4.78, 5) is 0. The Morgan fingerprint density at radius 1 is 0.679 bits per heavy atom. The molecule has 144 valence electrons. The number of hydrogen-bond acceptors (Lipinski definition) is 0. The van der Waals surface area contributed by atoms with Crippen LogP contribution >= 0.6 is 24.8 Å². The number of halogens is 2. The van der Waals surface area contributed by atoms with Gasteiger partial charge in [0.15, 0.2) is 0 Å². The first-order valence-electron chi connectivity index (χ1n) is 8.84. The fourth-order valence-electron chi connectivity index (χ4n) is 2.44. The third-order valence-corrected chi connectivity index (χ3v) is 3.56. The molecule has 2 aromatic carbocycles. The van der Waals surface area contributed by atoms with Gasteiger partial charge in [-0.3, -0.25) is 0 Å². The average Bonchev–Trinajstić information content (AvgIpc) is 3.37. The second-order valence-corrected chi connectivity index (χ2v) is 15.5. The van der Waals surface area contributed by atoms with Gasteiger partial charge in [0.05, 0.1) is 0 Å². The van der Waals surface area contributed by atoms with E-state index in [4.69, 9.17) is 0 Å². The Kier molecular flexibility index (Phi) is 15.4. The van der Waals surface area contributed by atoms with Crippen LogP contribution in [0.25, 0.3) is 11.1 Å². The zero-order chi connectivity index (χ0) is 18.6. The van der Waals surface area contributed by atoms with Crippen molar-refractivity contribution in [2.45, 2.75) is 25.9 Å². The van der Waals surface area contributed by atoms with E-state index in [1.54, 1.807) is 23.3 Å². The van der Waals surface area contributed by atoms with Crippen molar-refractivity contribution in [1.82, 2.24) is 0 Å². The molecule has 0 heterocycles. The minimum atomic E-state index is 0. The molecule has 0 bridgehead atoms. The summed E-state index contributed by atoms with van der Waals surface area (Å²) in [6.07, 6.45) is 17.0. The number of hydrogen-bond donors (Lipinski definition) is 0. The Morgan fingerprint density at radius 2 is 1.00 bits per heavy atom. The summed E-state index contributed by atoms with van der Waals surface area (Å²) < 4.78 is 0. The van der Waals surface area contributed by atoms with E-state index in [1.807, 2.05) is 12.1 Å². The summed E-state index contributed by atoms with van der Waals surface area (Å²) in [5.74, 6) is 0. The van der Waals surface area contributed by atoms with E-state index < -0.39 is 0 Å². The van der Waals surface area contributed by atoms with Crippen molar-refractivity contribution in [2.24, 2.45) is 0 Å². The van der Waals surface area contributed by atoms with Crippen molar-refractivity contribution in [3.8, 4) is 0 Å². The molecule has 2 aliphatic rings. The molecule has 0 amide bonds. The van der Waals surface area contributed by atoms with Crippen molar-refractivity contribution in [3.05, 3.63) is 108 Å². The molecule has 2 aliphatic carbocycles. The van der Waals surface area contributed by atoms with Gasteiger partial charge in [0.25, 0.3) is 0 Å². The van der Waals surface area contributed by atoms with E-state index in [1.165, 1.54) is 22.3 Å². The van der Waals surface area contributed by atoms with Gasteiger partial charge in [-0.05, 0) is 0 Å². The molecule has 4 heteroatoms. The van der Waals surface area contributed by atoms with Crippen LogP contribution < -0.4 is 0 Å². The van der Waals surface area contributed by atoms with Crippen LogP contribution in [0.2, 0.25) is 13.1 Å². The van der Waals surface area contributed by atoms with Crippen molar-refractivity contribution in [3.63, 3.8) is 0 Å². The van der Waals surface area contributed by atoms with Crippen LogP contribution in [-0.4, -0.2) is 5.43 Å². The van der Waals surface area contributed by atoms with E-state index in [9.17, 15) is 0 Å². The van der Waals surface area contributed by atoms with Gasteiger partial charge in [0.2, 0.25) is 0 Å². The van der Waals surface area contributed by atoms with Crippen LogP contribution in [0.4, 0.5) is 0 Å². The van der Waals surface area contributed by atoms with E-state index in [0.717, 1.165) is 12.8 Å². The predicted molar refractivity (Wildman–Crippen MR) is 126 cm³/mol. The van der Waals surface area contributed by atoms with E-state index in [0.29, 0.717) is 0 Å². The normalized spacial score (nSPS) is 12.9. The van der Waals surface area contributed by atoms with E-state index >= 15 is 0 Å². The Labute approximate surface area is 197 Å². The van der Waals surface area contributed by atoms with Crippen LogP contribution in [0.3, 0.4) is 0 Å². The Morgan fingerprint density at radius 3 is 1.25 bits per heavy atom. The van der Waals surface area contributed by atoms with Crippen LogP contribution in [0.1, 0.15) is 24.0 Å². The molecule has 0 radical (unpaired) electrons. The smallest absolute Gasteiger partial charge is 0.0643 e. The Bertz CT molecular complexity index is 753. The minimum absolute atomic E-state index is 0. The standard InChI is InChI=1S/2C11H9.C2H6Si.2ClH.Zr/c2*1-2-6-10(7-3-1)11-8-4-5-9-11;1-3-2;;;/h2*1-4,6-8H,5H2;1-2H3;2*1H;/q2*-1;;;;+2. The third-order valence-electron chi connectivity index (χ3n) is 3.56. The average molecular weight is 505 g/mol. The third kappa shape index (κ3) is 10.6. The maximum atomic E-state index is 3.28. The number of allylic oxidation sites excluding steroid dienone is 8. The molecule has 0 aliphatic heterocycles. The first-order valence-corrected chi connectivity index (χ1v) is 15.0. The SMILES string of the molecule is C[Si](C)=[Zr+2].Cl.Cl.[C-]1=C(c2ccccc2)C=CC1.[C-]1=C(c2ccccc2)C=CC1. The second-order valence-electron chi connectivity index (χ2n) is 6.13. The molecule has 0 saturated heterocycles. The molecule has 0 fully saturated rings. The van der Waals surface area contributed by atoms with Gasteiger partial charge in [0, 0.05) is 0 Å². The molecule has 0 saturated carbocycles. The summed E-state index contributed by atoms with van der Waals surface area (Å²) in [5, 5.41) is 0. The van der Waals surface area contributed by atoms with Gasteiger partial charge in [-0.25, -0.2) is 0 Å². The summed E-state index contributed by atoms with van der Waals surface area (Å²) in [6.45, 7) is 4.62. The minimum Gasteiger partial charge on any atom is -0.197 e. The summed E-state index contributed by atoms with van der Waals surface area (Å²) in [5.41, 5.74) is 5.20. The number of rotatable bonds is 2. The quantitative estimate of drug-likeness (QED) is 0.297. The molecule has 0 N–H and O–H groups in total. The molecule has 0 aromatic heterocycles. The van der Waals surface area contributed by atoms with Crippen molar-refractivity contribution in [1.29, 1.82) is 0 Å². The molecule has 4 rings (SSSR count). The monoisotopic (exact) mass is 502 g/mol. The summed E-state index contributed by atoms with van der Waals surface area (Å²) in [6, 6.07) is 20.7. The fraction of sp³-hybridized carbons (Fsp3) is 0.167. The Hall–Kier alpha value is -0.920. The van der Waals surface area contributed by atoms with Gasteiger partial charge in [-0.2, -0.15) is 35.5 Å². The maximum Gasteiger partial charge on any atom is -0.0643 e. The van der Waals surface area contributed by atoms with Crippen LogP contribution in [0.15, 0.2) is 85.0 Å². The van der Waals surface area contributed by atoms with E-state index in [2.05, 4.69) is 98.1 Å². The molecule has 0 unspecified atom stereocenters. The zero-order valence-corrected chi connectivity index (χ0v) is 21.4. The molecule has 0 nitrogen and oxygen atoms in total. The van der Waals surface area contributed by atoms with Crippen molar-refractivity contribution in [2.75, 3.05) is 0 Å². The maximum absolute atomic E-state index is 3.28. The Balaban J connectivity index is 0.000000415. The van der Waals surface area contributed by atoms with Gasteiger partial charge in [-0.15, -0.1) is 72.4 Å². The largest absolute Gasteiger partial charge is 0.197 e. The number of benzene rings is 2. The second kappa shape index (κ2) is 15.9. The van der Waals surface area contributed by atoms with E-state index in [-0.39, 0.29) is 30.2 Å². The molecular weight excluding hydrogens is 478 g/mol. The van der Waals surface area contributed by atoms with Crippen LogP contribution in [0.5, 0.6) is 0 Å². The molecule has 28 heavy (non-hydrogen) atoms.